The lowest BCUT2D eigenvalue weighted by Crippen LogP contribution is -2.51. The number of hydrogen-bond acceptors (Lipinski definition) is 4. The van der Waals surface area contributed by atoms with Gasteiger partial charge in [-0.05, 0) is 57.6 Å². The minimum absolute atomic E-state index is 0.0999. The van der Waals surface area contributed by atoms with Crippen molar-refractivity contribution in [2.24, 2.45) is 5.92 Å². The number of carbonyl (C=O) groups is 3. The zero-order valence-electron chi connectivity index (χ0n) is 21.4. The van der Waals surface area contributed by atoms with Gasteiger partial charge >= 0.3 is 0 Å². The summed E-state index contributed by atoms with van der Waals surface area (Å²) in [5.41, 5.74) is 0.494. The van der Waals surface area contributed by atoms with Crippen molar-refractivity contribution in [3.8, 4) is 11.3 Å². The maximum Gasteiger partial charge on any atom is 0.243 e. The molecule has 4 rings (SSSR count). The van der Waals surface area contributed by atoms with Gasteiger partial charge in [-0.15, -0.1) is 0 Å². The summed E-state index contributed by atoms with van der Waals surface area (Å²) in [7, 11) is 0. The number of aromatic nitrogens is 2. The third-order valence-corrected chi connectivity index (χ3v) is 7.22. The first-order chi connectivity index (χ1) is 17.7. The average Bonchev–Trinajstić information content (AvgIpc) is 3.56. The topological polar surface area (TPSA) is 107 Å². The molecule has 1 aliphatic carbocycles. The van der Waals surface area contributed by atoms with Gasteiger partial charge in [-0.1, -0.05) is 12.8 Å². The fraction of sp³-hybridized carbons (Fsp3) is 0.556. The number of H-pyrrole nitrogens is 1. The standard InChI is InChI=1S/C27H35F2N5O3/c1-16-5-3-4-12-34(16)25(36)14-22(32-24(35)11-8-18-6-7-18)27(37)31-17(2)26-30-15-23(33-26)20-10-9-19(28)13-21(20)29/h9-10,13,15-18,22H,3-8,11-12,14H2,1-2H3,(H,30,33)(H,31,37)(H,32,35)/t16-,17?,22?/m0/s1. The van der Waals surface area contributed by atoms with E-state index in [9.17, 15) is 23.2 Å². The Bertz CT molecular complexity index is 1130. The predicted molar refractivity (Wildman–Crippen MR) is 134 cm³/mol. The fourth-order valence-corrected chi connectivity index (χ4v) is 4.76. The monoisotopic (exact) mass is 515 g/mol. The van der Waals surface area contributed by atoms with Gasteiger partial charge in [0.1, 0.15) is 23.5 Å². The summed E-state index contributed by atoms with van der Waals surface area (Å²) in [6.07, 6.45) is 7.56. The van der Waals surface area contributed by atoms with Crippen molar-refractivity contribution in [3.05, 3.63) is 41.9 Å². The van der Waals surface area contributed by atoms with Crippen LogP contribution in [0.3, 0.4) is 0 Å². The Morgan fingerprint density at radius 1 is 1.16 bits per heavy atom. The first-order valence-electron chi connectivity index (χ1n) is 13.1. The molecule has 3 atom stereocenters. The molecule has 2 aliphatic rings. The Morgan fingerprint density at radius 2 is 1.95 bits per heavy atom. The highest BCUT2D eigenvalue weighted by Crippen LogP contribution is 2.33. The number of piperidine rings is 1. The van der Waals surface area contributed by atoms with Crippen LogP contribution in [0, 0.1) is 17.6 Å². The molecule has 0 spiro atoms. The van der Waals surface area contributed by atoms with Crippen LogP contribution in [0.15, 0.2) is 24.4 Å². The number of halogens is 2. The molecule has 10 heteroatoms. The number of nitrogens with zero attached hydrogens (tertiary/aromatic N) is 2. The van der Waals surface area contributed by atoms with Crippen molar-refractivity contribution in [2.75, 3.05) is 6.54 Å². The van der Waals surface area contributed by atoms with E-state index in [1.807, 2.05) is 6.92 Å². The minimum Gasteiger partial charge on any atom is -0.345 e. The molecule has 8 nitrogen and oxygen atoms in total. The molecular formula is C27H35F2N5O3. The number of nitrogens with one attached hydrogen (secondary N) is 3. The second kappa shape index (κ2) is 11.8. The van der Waals surface area contributed by atoms with E-state index in [2.05, 4.69) is 20.6 Å². The zero-order chi connectivity index (χ0) is 26.5. The molecule has 0 bridgehead atoms. The molecule has 0 radical (unpaired) electrons. The van der Waals surface area contributed by atoms with Crippen LogP contribution < -0.4 is 10.6 Å². The number of carbonyl (C=O) groups excluding carboxylic acids is 3. The SMILES string of the molecule is CC(NC(=O)C(CC(=O)N1CCCC[C@@H]1C)NC(=O)CCC1CC1)c1ncc(-c2ccc(F)cc2F)[nH]1. The van der Waals surface area contributed by atoms with Crippen molar-refractivity contribution in [1.82, 2.24) is 25.5 Å². The molecule has 1 aromatic heterocycles. The number of likely N-dealkylation sites (tertiary alicyclic amines) is 1. The summed E-state index contributed by atoms with van der Waals surface area (Å²) in [6, 6.07) is 1.73. The van der Waals surface area contributed by atoms with E-state index in [-0.39, 0.29) is 29.8 Å². The van der Waals surface area contributed by atoms with E-state index in [0.717, 1.165) is 50.7 Å². The van der Waals surface area contributed by atoms with Crippen LogP contribution in [0.5, 0.6) is 0 Å². The third kappa shape index (κ3) is 7.14. The predicted octanol–water partition coefficient (Wildman–Crippen LogP) is 4.00. The van der Waals surface area contributed by atoms with Crippen molar-refractivity contribution in [2.45, 2.75) is 83.3 Å². The van der Waals surface area contributed by atoms with E-state index in [0.29, 0.717) is 30.4 Å². The van der Waals surface area contributed by atoms with E-state index in [1.165, 1.54) is 12.3 Å². The van der Waals surface area contributed by atoms with Crippen molar-refractivity contribution >= 4 is 17.7 Å². The zero-order valence-corrected chi connectivity index (χ0v) is 21.4. The highest BCUT2D eigenvalue weighted by Gasteiger charge is 2.31. The lowest BCUT2D eigenvalue weighted by atomic mass is 10.0. The van der Waals surface area contributed by atoms with Crippen LogP contribution in [0.2, 0.25) is 0 Å². The van der Waals surface area contributed by atoms with Gasteiger partial charge in [0.15, 0.2) is 0 Å². The number of imidazole rings is 1. The van der Waals surface area contributed by atoms with Gasteiger partial charge in [0.25, 0.3) is 0 Å². The van der Waals surface area contributed by atoms with Crippen LogP contribution in [0.1, 0.15) is 77.1 Å². The molecule has 2 fully saturated rings. The normalized spacial score (nSPS) is 19.2. The second-order valence-electron chi connectivity index (χ2n) is 10.3. The maximum absolute atomic E-state index is 14.2. The number of amides is 3. The summed E-state index contributed by atoms with van der Waals surface area (Å²) in [4.78, 5) is 47.9. The van der Waals surface area contributed by atoms with Gasteiger partial charge < -0.3 is 20.5 Å². The van der Waals surface area contributed by atoms with Gasteiger partial charge in [-0.2, -0.15) is 0 Å². The van der Waals surface area contributed by atoms with E-state index < -0.39 is 29.6 Å². The van der Waals surface area contributed by atoms with Crippen molar-refractivity contribution in [3.63, 3.8) is 0 Å². The lowest BCUT2D eigenvalue weighted by molar-refractivity contribution is -0.138. The second-order valence-corrected chi connectivity index (χ2v) is 10.3. The molecule has 1 saturated heterocycles. The van der Waals surface area contributed by atoms with E-state index in [1.54, 1.807) is 11.8 Å². The maximum atomic E-state index is 14.2. The number of rotatable bonds is 10. The van der Waals surface area contributed by atoms with E-state index >= 15 is 0 Å². The highest BCUT2D eigenvalue weighted by molar-refractivity contribution is 5.92. The summed E-state index contributed by atoms with van der Waals surface area (Å²) < 4.78 is 27.4. The summed E-state index contributed by atoms with van der Waals surface area (Å²) >= 11 is 0. The molecule has 2 unspecified atom stereocenters. The molecule has 1 aromatic carbocycles. The van der Waals surface area contributed by atoms with Crippen LogP contribution in [-0.2, 0) is 14.4 Å². The Hall–Kier alpha value is -3.30. The van der Waals surface area contributed by atoms with Crippen LogP contribution in [0.25, 0.3) is 11.3 Å². The quantitative estimate of drug-likeness (QED) is 0.445. The first-order valence-corrected chi connectivity index (χ1v) is 13.1. The van der Waals surface area contributed by atoms with Crippen LogP contribution in [-0.4, -0.2) is 51.2 Å². The molecule has 2 heterocycles. The third-order valence-electron chi connectivity index (χ3n) is 7.22. The molecule has 1 aliphatic heterocycles. The smallest absolute Gasteiger partial charge is 0.243 e. The number of hydrogen-bond donors (Lipinski definition) is 3. The van der Waals surface area contributed by atoms with Gasteiger partial charge in [-0.25, -0.2) is 13.8 Å². The van der Waals surface area contributed by atoms with Gasteiger partial charge in [-0.3, -0.25) is 14.4 Å². The number of benzene rings is 1. The molecule has 1 saturated carbocycles. The van der Waals surface area contributed by atoms with E-state index in [4.69, 9.17) is 0 Å². The Kier molecular flexibility index (Phi) is 8.56. The van der Waals surface area contributed by atoms with Gasteiger partial charge in [0.05, 0.1) is 24.4 Å². The minimum atomic E-state index is -1.01. The lowest BCUT2D eigenvalue weighted by Gasteiger charge is -2.34. The van der Waals surface area contributed by atoms with Crippen molar-refractivity contribution < 1.29 is 23.2 Å². The Morgan fingerprint density at radius 3 is 2.65 bits per heavy atom. The molecule has 37 heavy (non-hydrogen) atoms. The average molecular weight is 516 g/mol. The Balaban J connectivity index is 1.42. The van der Waals surface area contributed by atoms with Crippen molar-refractivity contribution in [1.29, 1.82) is 0 Å². The molecule has 3 amide bonds. The first kappa shape index (κ1) is 26.8. The van der Waals surface area contributed by atoms with Crippen LogP contribution >= 0.6 is 0 Å². The molecule has 200 valence electrons. The van der Waals surface area contributed by atoms with Gasteiger partial charge in [0.2, 0.25) is 17.7 Å². The van der Waals surface area contributed by atoms with Crippen LogP contribution in [0.4, 0.5) is 8.78 Å². The fourth-order valence-electron chi connectivity index (χ4n) is 4.76. The summed E-state index contributed by atoms with van der Waals surface area (Å²) in [5, 5.41) is 5.59. The Labute approximate surface area is 215 Å². The highest BCUT2D eigenvalue weighted by atomic mass is 19.1. The summed E-state index contributed by atoms with van der Waals surface area (Å²) in [5.74, 6) is -1.36. The molecule has 2 aromatic rings. The largest absolute Gasteiger partial charge is 0.345 e. The van der Waals surface area contributed by atoms with Gasteiger partial charge in [0, 0.05) is 30.6 Å². The summed E-state index contributed by atoms with van der Waals surface area (Å²) in [6.45, 7) is 4.35. The molecule has 3 N–H and O–H groups in total. The number of aromatic amines is 1. The molecular weight excluding hydrogens is 480 g/mol.